The molecule has 0 aliphatic carbocycles. The number of benzene rings is 1. The zero-order valence-electron chi connectivity index (χ0n) is 20.4. The number of hydrogen-bond acceptors (Lipinski definition) is 6. The van der Waals surface area contributed by atoms with Crippen LogP contribution in [-0.2, 0) is 19.1 Å². The minimum atomic E-state index is -0.875. The average Bonchev–Trinajstić information content (AvgIpc) is 3.06. The fraction of sp³-hybridized carbons (Fsp3) is 0.519. The molecule has 1 unspecified atom stereocenters. The number of nitrogens with zero attached hydrogens (tertiary/aromatic N) is 2. The number of esters is 1. The third-order valence-corrected chi connectivity index (χ3v) is 9.57. The van der Waals surface area contributed by atoms with E-state index in [2.05, 4.69) is 0 Å². The number of hydrogen-bond donors (Lipinski definition) is 1. The molecule has 1 N–H and O–H groups in total. The molecule has 4 heterocycles. The van der Waals surface area contributed by atoms with Gasteiger partial charge in [-0.3, -0.25) is 14.4 Å². The Hall–Kier alpha value is -2.58. The van der Waals surface area contributed by atoms with Crippen molar-refractivity contribution in [2.75, 3.05) is 31.2 Å². The molecule has 0 saturated carbocycles. The maximum Gasteiger partial charge on any atom is 0.311 e. The number of aryl methyl sites for hydroxylation is 2. The summed E-state index contributed by atoms with van der Waals surface area (Å²) in [6, 6.07) is 5.30. The van der Waals surface area contributed by atoms with Gasteiger partial charge in [0.2, 0.25) is 5.91 Å². The summed E-state index contributed by atoms with van der Waals surface area (Å²) in [6.45, 7) is 6.93. The number of rotatable bonds is 5. The zero-order chi connectivity index (χ0) is 25.0. The van der Waals surface area contributed by atoms with Crippen LogP contribution in [0.25, 0.3) is 0 Å². The second-order valence-electron chi connectivity index (χ2n) is 10.1. The predicted octanol–water partition coefficient (Wildman–Crippen LogP) is 2.78. The van der Waals surface area contributed by atoms with Crippen molar-refractivity contribution in [1.29, 1.82) is 0 Å². The number of fused-ring (bicyclic) bond motifs is 2. The second-order valence-corrected chi connectivity index (χ2v) is 11.9. The Morgan fingerprint density at radius 1 is 1.09 bits per heavy atom. The summed E-state index contributed by atoms with van der Waals surface area (Å²) in [5, 5.41) is 9.33. The third kappa shape index (κ3) is 3.64. The topological polar surface area (TPSA) is 87.2 Å². The summed E-state index contributed by atoms with van der Waals surface area (Å²) < 4.78 is 3.94. The number of anilines is 1. The molecule has 35 heavy (non-hydrogen) atoms. The quantitative estimate of drug-likeness (QED) is 0.383. The van der Waals surface area contributed by atoms with Crippen LogP contribution in [0.3, 0.4) is 0 Å². The van der Waals surface area contributed by atoms with Gasteiger partial charge in [-0.05, 0) is 56.9 Å². The zero-order valence-corrected chi connectivity index (χ0v) is 21.2. The Morgan fingerprint density at radius 3 is 2.66 bits per heavy atom. The Bertz CT molecular complexity index is 1130. The van der Waals surface area contributed by atoms with Crippen molar-refractivity contribution < 1.29 is 24.2 Å². The first-order chi connectivity index (χ1) is 16.7. The standard InChI is InChI=1S/C27H32N2O5S/c1-17-8-9-18(2)19(16-17)28-13-6-11-27-20(21-25(33)34-15-7-10-26(21,3)35-27)23(31)29(12-4-5-14-30)22(27)24(28)32/h6-11,16,20-22,30H,4-5,12-15H2,1-3H3/t20-,21-,22?,26+,27-/m0/s1. The van der Waals surface area contributed by atoms with E-state index >= 15 is 0 Å². The number of unbranched alkanes of at least 4 members (excludes halogenated alkanes) is 1. The predicted molar refractivity (Wildman–Crippen MR) is 135 cm³/mol. The van der Waals surface area contributed by atoms with Gasteiger partial charge in [0, 0.05) is 30.1 Å². The summed E-state index contributed by atoms with van der Waals surface area (Å²) >= 11 is 1.55. The molecule has 0 radical (unpaired) electrons. The maximum atomic E-state index is 14.4. The number of ether oxygens (including phenoxy) is 1. The van der Waals surface area contributed by atoms with E-state index in [1.54, 1.807) is 21.6 Å². The number of amides is 2. The van der Waals surface area contributed by atoms with Crippen molar-refractivity contribution in [3.8, 4) is 0 Å². The molecule has 2 saturated heterocycles. The maximum absolute atomic E-state index is 14.4. The van der Waals surface area contributed by atoms with Gasteiger partial charge in [0.1, 0.15) is 12.6 Å². The highest BCUT2D eigenvalue weighted by atomic mass is 32.2. The molecule has 1 aromatic carbocycles. The van der Waals surface area contributed by atoms with Gasteiger partial charge >= 0.3 is 5.97 Å². The van der Waals surface area contributed by atoms with E-state index < -0.39 is 27.4 Å². The minimum Gasteiger partial charge on any atom is -0.461 e. The molecule has 7 nitrogen and oxygen atoms in total. The van der Waals surface area contributed by atoms with Gasteiger partial charge in [0.05, 0.1) is 16.6 Å². The summed E-state index contributed by atoms with van der Waals surface area (Å²) in [6.07, 6.45) is 8.93. The molecule has 5 atom stereocenters. The Balaban J connectivity index is 1.64. The molecular weight excluding hydrogens is 464 g/mol. The molecular formula is C27H32N2O5S. The number of aliphatic hydroxyl groups excluding tert-OH is 1. The van der Waals surface area contributed by atoms with Crippen molar-refractivity contribution in [2.24, 2.45) is 11.8 Å². The van der Waals surface area contributed by atoms with E-state index in [0.29, 0.717) is 25.9 Å². The number of thioether (sulfide) groups is 1. The van der Waals surface area contributed by atoms with Crippen molar-refractivity contribution in [3.63, 3.8) is 0 Å². The highest BCUT2D eigenvalue weighted by Gasteiger charge is 2.74. The summed E-state index contributed by atoms with van der Waals surface area (Å²) in [4.78, 5) is 45.0. The summed E-state index contributed by atoms with van der Waals surface area (Å²) in [7, 11) is 0. The lowest BCUT2D eigenvalue weighted by molar-refractivity contribution is -0.152. The van der Waals surface area contributed by atoms with Gasteiger partial charge in [-0.2, -0.15) is 0 Å². The molecule has 2 amide bonds. The van der Waals surface area contributed by atoms with Crippen molar-refractivity contribution >= 4 is 35.2 Å². The molecule has 0 aromatic heterocycles. The molecule has 1 aromatic rings. The summed E-state index contributed by atoms with van der Waals surface area (Å²) in [5.74, 6) is -2.05. The number of cyclic esters (lactones) is 1. The van der Waals surface area contributed by atoms with Crippen LogP contribution in [0.2, 0.25) is 0 Å². The Morgan fingerprint density at radius 2 is 1.89 bits per heavy atom. The smallest absolute Gasteiger partial charge is 0.311 e. The lowest BCUT2D eigenvalue weighted by atomic mass is 9.75. The van der Waals surface area contributed by atoms with Gasteiger partial charge in [0.15, 0.2) is 0 Å². The molecule has 186 valence electrons. The van der Waals surface area contributed by atoms with Crippen LogP contribution < -0.4 is 4.90 Å². The molecule has 2 fully saturated rings. The minimum absolute atomic E-state index is 0.0241. The number of carbonyl (C=O) groups excluding carboxylic acids is 3. The lowest BCUT2D eigenvalue weighted by Crippen LogP contribution is -2.53. The van der Waals surface area contributed by atoms with E-state index in [1.165, 1.54) is 0 Å². The van der Waals surface area contributed by atoms with Crippen LogP contribution in [0.1, 0.15) is 30.9 Å². The summed E-state index contributed by atoms with van der Waals surface area (Å²) in [5.41, 5.74) is 2.88. The molecule has 5 rings (SSSR count). The van der Waals surface area contributed by atoms with Crippen molar-refractivity contribution in [2.45, 2.75) is 49.1 Å². The van der Waals surface area contributed by atoms with Crippen LogP contribution in [-0.4, -0.2) is 69.6 Å². The highest BCUT2D eigenvalue weighted by Crippen LogP contribution is 2.65. The van der Waals surface area contributed by atoms with Gasteiger partial charge < -0.3 is 19.6 Å². The van der Waals surface area contributed by atoms with Crippen LogP contribution in [0.4, 0.5) is 5.69 Å². The monoisotopic (exact) mass is 496 g/mol. The van der Waals surface area contributed by atoms with Crippen molar-refractivity contribution in [3.05, 3.63) is 53.6 Å². The third-order valence-electron chi connectivity index (χ3n) is 7.78. The fourth-order valence-corrected chi connectivity index (χ4v) is 8.37. The normalized spacial score (nSPS) is 33.8. The lowest BCUT2D eigenvalue weighted by Gasteiger charge is -2.37. The molecule has 1 spiro atoms. The SMILES string of the molecule is Cc1ccc(C)c(N2CC=C[C@]34S[C@]5(C)C=CCOC(=O)[C@@H]5[C@H]3C(=O)N(CCCCO)C4C2=O)c1. The van der Waals surface area contributed by atoms with Crippen LogP contribution >= 0.6 is 11.8 Å². The fourth-order valence-electron chi connectivity index (χ4n) is 6.22. The second kappa shape index (κ2) is 8.82. The first-order valence-corrected chi connectivity index (χ1v) is 13.1. The van der Waals surface area contributed by atoms with Gasteiger partial charge in [-0.25, -0.2) is 0 Å². The van der Waals surface area contributed by atoms with E-state index in [0.717, 1.165) is 16.8 Å². The Labute approximate surface area is 210 Å². The van der Waals surface area contributed by atoms with Gasteiger partial charge in [0.25, 0.3) is 5.91 Å². The first kappa shape index (κ1) is 24.1. The van der Waals surface area contributed by atoms with E-state index in [4.69, 9.17) is 4.74 Å². The van der Waals surface area contributed by atoms with Crippen LogP contribution in [0.15, 0.2) is 42.5 Å². The number of carbonyl (C=O) groups is 3. The first-order valence-electron chi connectivity index (χ1n) is 12.3. The number of likely N-dealkylation sites (tertiary alicyclic amines) is 1. The molecule has 8 heteroatoms. The van der Waals surface area contributed by atoms with Gasteiger partial charge in [-0.15, -0.1) is 11.8 Å². The van der Waals surface area contributed by atoms with E-state index in [1.807, 2.05) is 63.3 Å². The molecule has 4 aliphatic heterocycles. The number of aliphatic hydroxyl groups is 1. The van der Waals surface area contributed by atoms with Crippen LogP contribution in [0.5, 0.6) is 0 Å². The van der Waals surface area contributed by atoms with E-state index in [9.17, 15) is 19.5 Å². The van der Waals surface area contributed by atoms with Gasteiger partial charge in [-0.1, -0.05) is 30.4 Å². The van der Waals surface area contributed by atoms with Crippen LogP contribution in [0, 0.1) is 25.7 Å². The van der Waals surface area contributed by atoms with E-state index in [-0.39, 0.29) is 31.0 Å². The molecule has 0 bridgehead atoms. The van der Waals surface area contributed by atoms with Crippen molar-refractivity contribution in [1.82, 2.24) is 4.90 Å². The highest BCUT2D eigenvalue weighted by molar-refractivity contribution is 8.02. The molecule has 4 aliphatic rings. The average molecular weight is 497 g/mol. The largest absolute Gasteiger partial charge is 0.461 e. The Kier molecular flexibility index (Phi) is 6.08.